The molecular formula is C17H31N3. The van der Waals surface area contributed by atoms with Crippen LogP contribution in [0.4, 0.5) is 0 Å². The second-order valence-electron chi connectivity index (χ2n) is 6.49. The average Bonchev–Trinajstić information content (AvgIpc) is 3.18. The molecule has 3 nitrogen and oxygen atoms in total. The van der Waals surface area contributed by atoms with E-state index in [1.807, 2.05) is 0 Å². The van der Waals surface area contributed by atoms with Gasteiger partial charge in [0, 0.05) is 30.4 Å². The number of nitrogens with zero attached hydrogens (tertiary/aromatic N) is 2. The van der Waals surface area contributed by atoms with Crippen molar-refractivity contribution in [3.05, 3.63) is 17.0 Å². The lowest BCUT2D eigenvalue weighted by Gasteiger charge is -2.09. The SMILES string of the molecule is CCc1nn(CCCC(C)C)c(CC)c1CNC1CC1. The van der Waals surface area contributed by atoms with Crippen LogP contribution in [-0.2, 0) is 25.9 Å². The molecule has 0 atom stereocenters. The van der Waals surface area contributed by atoms with Crippen molar-refractivity contribution in [3.63, 3.8) is 0 Å². The summed E-state index contributed by atoms with van der Waals surface area (Å²) < 4.78 is 2.28. The highest BCUT2D eigenvalue weighted by molar-refractivity contribution is 5.27. The third kappa shape index (κ3) is 4.08. The molecule has 0 spiro atoms. The summed E-state index contributed by atoms with van der Waals surface area (Å²) >= 11 is 0. The monoisotopic (exact) mass is 277 g/mol. The van der Waals surface area contributed by atoms with Crippen LogP contribution in [0.1, 0.15) is 70.3 Å². The zero-order chi connectivity index (χ0) is 14.5. The summed E-state index contributed by atoms with van der Waals surface area (Å²) in [5.41, 5.74) is 4.24. The van der Waals surface area contributed by atoms with Crippen LogP contribution in [0.5, 0.6) is 0 Å². The summed E-state index contributed by atoms with van der Waals surface area (Å²) in [6, 6.07) is 0.772. The molecule has 0 unspecified atom stereocenters. The van der Waals surface area contributed by atoms with Crippen molar-refractivity contribution in [3.8, 4) is 0 Å². The molecule has 1 aromatic rings. The van der Waals surface area contributed by atoms with E-state index in [0.29, 0.717) is 0 Å². The third-order valence-electron chi connectivity index (χ3n) is 4.22. The normalized spacial score (nSPS) is 15.2. The van der Waals surface area contributed by atoms with Crippen molar-refractivity contribution in [2.45, 2.75) is 85.4 Å². The molecule has 1 aromatic heterocycles. The fourth-order valence-corrected chi connectivity index (χ4v) is 2.84. The highest BCUT2D eigenvalue weighted by Crippen LogP contribution is 2.22. The third-order valence-corrected chi connectivity index (χ3v) is 4.22. The maximum atomic E-state index is 4.87. The highest BCUT2D eigenvalue weighted by atomic mass is 15.3. The Morgan fingerprint density at radius 2 is 2.00 bits per heavy atom. The van der Waals surface area contributed by atoms with Crippen molar-refractivity contribution in [2.75, 3.05) is 0 Å². The lowest BCUT2D eigenvalue weighted by Crippen LogP contribution is -2.17. The number of aryl methyl sites for hydroxylation is 2. The summed E-state index contributed by atoms with van der Waals surface area (Å²) in [7, 11) is 0. The van der Waals surface area contributed by atoms with Crippen LogP contribution in [0, 0.1) is 5.92 Å². The maximum absolute atomic E-state index is 4.87. The van der Waals surface area contributed by atoms with Gasteiger partial charge >= 0.3 is 0 Å². The van der Waals surface area contributed by atoms with E-state index in [-0.39, 0.29) is 0 Å². The average molecular weight is 277 g/mol. The van der Waals surface area contributed by atoms with E-state index < -0.39 is 0 Å². The van der Waals surface area contributed by atoms with Crippen LogP contribution >= 0.6 is 0 Å². The van der Waals surface area contributed by atoms with Crippen LogP contribution in [0.3, 0.4) is 0 Å². The Labute approximate surface area is 124 Å². The van der Waals surface area contributed by atoms with Gasteiger partial charge < -0.3 is 5.32 Å². The molecule has 0 bridgehead atoms. The number of hydrogen-bond donors (Lipinski definition) is 1. The molecule has 0 amide bonds. The molecule has 0 saturated heterocycles. The summed E-state index contributed by atoms with van der Waals surface area (Å²) in [6.07, 6.45) is 7.38. The zero-order valence-corrected chi connectivity index (χ0v) is 13.7. The van der Waals surface area contributed by atoms with E-state index in [1.54, 1.807) is 0 Å². The Balaban J connectivity index is 2.05. The van der Waals surface area contributed by atoms with Gasteiger partial charge in [-0.1, -0.05) is 27.7 Å². The van der Waals surface area contributed by atoms with Gasteiger partial charge in [-0.05, 0) is 44.4 Å². The quantitative estimate of drug-likeness (QED) is 0.746. The molecule has 114 valence electrons. The number of nitrogens with one attached hydrogen (secondary N) is 1. The standard InChI is InChI=1S/C17H31N3/c1-5-16-15(12-18-14-9-10-14)17(6-2)20(19-16)11-7-8-13(3)4/h13-14,18H,5-12H2,1-4H3. The predicted molar refractivity (Wildman–Crippen MR) is 84.9 cm³/mol. The van der Waals surface area contributed by atoms with E-state index in [9.17, 15) is 0 Å². The molecule has 1 fully saturated rings. The van der Waals surface area contributed by atoms with Gasteiger partial charge in [-0.15, -0.1) is 0 Å². The summed E-state index contributed by atoms with van der Waals surface area (Å²) in [6.45, 7) is 11.2. The Morgan fingerprint density at radius 1 is 1.25 bits per heavy atom. The van der Waals surface area contributed by atoms with Crippen LogP contribution in [0.2, 0.25) is 0 Å². The Hall–Kier alpha value is -0.830. The van der Waals surface area contributed by atoms with E-state index in [0.717, 1.165) is 37.9 Å². The second-order valence-corrected chi connectivity index (χ2v) is 6.49. The van der Waals surface area contributed by atoms with E-state index in [2.05, 4.69) is 37.7 Å². The van der Waals surface area contributed by atoms with Gasteiger partial charge in [0.1, 0.15) is 0 Å². The second kappa shape index (κ2) is 7.26. The molecule has 1 saturated carbocycles. The molecular weight excluding hydrogens is 246 g/mol. The Morgan fingerprint density at radius 3 is 2.55 bits per heavy atom. The van der Waals surface area contributed by atoms with Gasteiger partial charge in [-0.2, -0.15) is 5.10 Å². The fourth-order valence-electron chi connectivity index (χ4n) is 2.84. The molecule has 0 aromatic carbocycles. The molecule has 1 aliphatic carbocycles. The molecule has 0 radical (unpaired) electrons. The Kier molecular flexibility index (Phi) is 5.64. The van der Waals surface area contributed by atoms with Crippen LogP contribution < -0.4 is 5.32 Å². The first-order valence-electron chi connectivity index (χ1n) is 8.46. The number of hydrogen-bond acceptors (Lipinski definition) is 2. The van der Waals surface area contributed by atoms with Crippen LogP contribution in [-0.4, -0.2) is 15.8 Å². The summed E-state index contributed by atoms with van der Waals surface area (Å²) in [5, 5.41) is 8.53. The van der Waals surface area contributed by atoms with Gasteiger partial charge in [-0.3, -0.25) is 4.68 Å². The van der Waals surface area contributed by atoms with Crippen molar-refractivity contribution >= 4 is 0 Å². The Bertz CT molecular complexity index is 416. The molecule has 1 heterocycles. The minimum Gasteiger partial charge on any atom is -0.310 e. The largest absolute Gasteiger partial charge is 0.310 e. The fraction of sp³-hybridized carbons (Fsp3) is 0.824. The lowest BCUT2D eigenvalue weighted by molar-refractivity contribution is 0.478. The van der Waals surface area contributed by atoms with Crippen molar-refractivity contribution < 1.29 is 0 Å². The lowest BCUT2D eigenvalue weighted by atomic mass is 10.1. The van der Waals surface area contributed by atoms with E-state index in [1.165, 1.54) is 42.6 Å². The minimum atomic E-state index is 0.772. The van der Waals surface area contributed by atoms with Gasteiger partial charge in [0.05, 0.1) is 5.69 Å². The molecule has 3 heteroatoms. The van der Waals surface area contributed by atoms with Crippen LogP contribution in [0.15, 0.2) is 0 Å². The van der Waals surface area contributed by atoms with Crippen molar-refractivity contribution in [1.82, 2.24) is 15.1 Å². The molecule has 20 heavy (non-hydrogen) atoms. The summed E-state index contributed by atoms with van der Waals surface area (Å²) in [4.78, 5) is 0. The predicted octanol–water partition coefficient (Wildman–Crippen LogP) is 3.70. The maximum Gasteiger partial charge on any atom is 0.0669 e. The van der Waals surface area contributed by atoms with Crippen LogP contribution in [0.25, 0.3) is 0 Å². The van der Waals surface area contributed by atoms with Crippen molar-refractivity contribution in [1.29, 1.82) is 0 Å². The van der Waals surface area contributed by atoms with Gasteiger partial charge in [0.2, 0.25) is 0 Å². The molecule has 1 aliphatic rings. The van der Waals surface area contributed by atoms with E-state index in [4.69, 9.17) is 5.10 Å². The highest BCUT2D eigenvalue weighted by Gasteiger charge is 2.22. The molecule has 2 rings (SSSR count). The van der Waals surface area contributed by atoms with Gasteiger partial charge in [-0.25, -0.2) is 0 Å². The number of rotatable bonds is 9. The summed E-state index contributed by atoms with van der Waals surface area (Å²) in [5.74, 6) is 0.789. The smallest absolute Gasteiger partial charge is 0.0669 e. The van der Waals surface area contributed by atoms with E-state index >= 15 is 0 Å². The molecule has 0 aliphatic heterocycles. The topological polar surface area (TPSA) is 29.9 Å². The molecule has 1 N–H and O–H groups in total. The van der Waals surface area contributed by atoms with Crippen molar-refractivity contribution in [2.24, 2.45) is 5.92 Å². The minimum absolute atomic E-state index is 0.772. The number of aromatic nitrogens is 2. The van der Waals surface area contributed by atoms with Gasteiger partial charge in [0.25, 0.3) is 0 Å². The van der Waals surface area contributed by atoms with Gasteiger partial charge in [0.15, 0.2) is 0 Å². The zero-order valence-electron chi connectivity index (χ0n) is 13.7. The first kappa shape index (κ1) is 15.6. The first-order chi connectivity index (χ1) is 9.65. The first-order valence-corrected chi connectivity index (χ1v) is 8.46.